The number of rotatable bonds is 6. The van der Waals surface area contributed by atoms with E-state index >= 15 is 0 Å². The molecule has 0 radical (unpaired) electrons. The summed E-state index contributed by atoms with van der Waals surface area (Å²) in [7, 11) is 1.65. The zero-order valence-corrected chi connectivity index (χ0v) is 13.9. The summed E-state index contributed by atoms with van der Waals surface area (Å²) in [6.07, 6.45) is 2.44. The fraction of sp³-hybridized carbons (Fsp3) is 0.438. The Morgan fingerprint density at radius 2 is 2.09 bits per heavy atom. The first-order valence-corrected chi connectivity index (χ1v) is 8.54. The maximum absolute atomic E-state index is 12.3. The fourth-order valence-corrected chi connectivity index (χ4v) is 3.23. The van der Waals surface area contributed by atoms with Crippen molar-refractivity contribution in [3.63, 3.8) is 0 Å². The zero-order chi connectivity index (χ0) is 16.1. The Kier molecular flexibility index (Phi) is 5.19. The third-order valence-electron chi connectivity index (χ3n) is 4.06. The quantitative estimate of drug-likeness (QED) is 0.877. The molecule has 1 amide bonds. The number of ether oxygens (including phenoxy) is 1. The number of likely N-dealkylation sites (tertiary alicyclic amines) is 1. The van der Waals surface area contributed by atoms with E-state index in [4.69, 9.17) is 4.74 Å². The van der Waals surface area contributed by atoms with Gasteiger partial charge in [-0.2, -0.15) is 0 Å². The van der Waals surface area contributed by atoms with Gasteiger partial charge in [0, 0.05) is 11.9 Å². The summed E-state index contributed by atoms with van der Waals surface area (Å²) in [6.45, 7) is 2.97. The molecule has 122 valence electrons. The van der Waals surface area contributed by atoms with Crippen LogP contribution in [0.25, 0.3) is 0 Å². The average molecular weight is 332 g/mol. The molecule has 1 aliphatic rings. The number of carbonyl (C=O) groups is 1. The molecule has 2 heterocycles. The lowest BCUT2D eigenvalue weighted by atomic mass is 10.1. The van der Waals surface area contributed by atoms with Gasteiger partial charge in [0.15, 0.2) is 5.69 Å². The van der Waals surface area contributed by atoms with Crippen LogP contribution in [-0.2, 0) is 0 Å². The largest absolute Gasteiger partial charge is 0.497 e. The second-order valence-electron chi connectivity index (χ2n) is 5.60. The molecule has 0 spiro atoms. The van der Waals surface area contributed by atoms with Crippen LogP contribution in [0.1, 0.15) is 34.9 Å². The molecular weight excluding hydrogens is 312 g/mol. The maximum Gasteiger partial charge on any atom is 0.273 e. The van der Waals surface area contributed by atoms with E-state index in [-0.39, 0.29) is 11.9 Å². The van der Waals surface area contributed by atoms with Gasteiger partial charge in [0.2, 0.25) is 0 Å². The minimum absolute atomic E-state index is 0.0757. The van der Waals surface area contributed by atoms with Crippen LogP contribution >= 0.6 is 11.5 Å². The smallest absolute Gasteiger partial charge is 0.273 e. The molecule has 1 saturated heterocycles. The van der Waals surface area contributed by atoms with Crippen molar-refractivity contribution in [3.05, 3.63) is 40.9 Å². The first-order chi connectivity index (χ1) is 11.3. The lowest BCUT2D eigenvalue weighted by Crippen LogP contribution is -2.37. The second-order valence-corrected chi connectivity index (χ2v) is 6.21. The first kappa shape index (κ1) is 15.9. The van der Waals surface area contributed by atoms with Gasteiger partial charge in [0.05, 0.1) is 13.2 Å². The van der Waals surface area contributed by atoms with Gasteiger partial charge in [-0.3, -0.25) is 4.79 Å². The molecule has 7 heteroatoms. The summed E-state index contributed by atoms with van der Waals surface area (Å²) in [5, 5.41) is 8.59. The van der Waals surface area contributed by atoms with Crippen molar-refractivity contribution in [1.82, 2.24) is 19.8 Å². The van der Waals surface area contributed by atoms with E-state index in [9.17, 15) is 4.79 Å². The van der Waals surface area contributed by atoms with Gasteiger partial charge in [0.25, 0.3) is 5.91 Å². The standard InChI is InChI=1S/C16H20N4O2S/c1-22-13-6-4-12(5-7-13)14(10-20-8-2-3-9-20)17-16(21)15-11-23-19-18-15/h4-7,11,14H,2-3,8-10H2,1H3,(H,17,21)/t14-/m0/s1. The molecule has 1 fully saturated rings. The molecule has 0 saturated carbocycles. The van der Waals surface area contributed by atoms with Crippen molar-refractivity contribution in [2.45, 2.75) is 18.9 Å². The minimum Gasteiger partial charge on any atom is -0.497 e. The lowest BCUT2D eigenvalue weighted by molar-refractivity contribution is 0.0922. The Labute approximate surface area is 139 Å². The van der Waals surface area contributed by atoms with Gasteiger partial charge in [-0.1, -0.05) is 16.6 Å². The fourth-order valence-electron chi connectivity index (χ4n) is 2.79. The Bertz CT molecular complexity index is 624. The van der Waals surface area contributed by atoms with Crippen LogP contribution in [0.4, 0.5) is 0 Å². The van der Waals surface area contributed by atoms with Crippen molar-refractivity contribution in [2.75, 3.05) is 26.7 Å². The van der Waals surface area contributed by atoms with E-state index in [1.807, 2.05) is 24.3 Å². The maximum atomic E-state index is 12.3. The van der Waals surface area contributed by atoms with Gasteiger partial charge >= 0.3 is 0 Å². The highest BCUT2D eigenvalue weighted by Gasteiger charge is 2.22. The van der Waals surface area contributed by atoms with E-state index in [0.29, 0.717) is 5.69 Å². The van der Waals surface area contributed by atoms with Crippen LogP contribution in [0.5, 0.6) is 5.75 Å². The summed E-state index contributed by atoms with van der Waals surface area (Å²) in [5.41, 5.74) is 1.43. The van der Waals surface area contributed by atoms with Gasteiger partial charge < -0.3 is 15.0 Å². The molecule has 1 N–H and O–H groups in total. The number of nitrogens with zero attached hydrogens (tertiary/aromatic N) is 3. The van der Waals surface area contributed by atoms with E-state index < -0.39 is 0 Å². The normalized spacial score (nSPS) is 16.2. The highest BCUT2D eigenvalue weighted by Crippen LogP contribution is 2.21. The molecular formula is C16H20N4O2S. The van der Waals surface area contributed by atoms with Gasteiger partial charge in [-0.25, -0.2) is 0 Å². The molecule has 3 rings (SSSR count). The SMILES string of the molecule is COc1ccc([C@H](CN2CCCC2)NC(=O)c2csnn2)cc1. The topological polar surface area (TPSA) is 67.3 Å². The molecule has 0 aliphatic carbocycles. The highest BCUT2D eigenvalue weighted by atomic mass is 32.1. The van der Waals surface area contributed by atoms with Crippen molar-refractivity contribution in [2.24, 2.45) is 0 Å². The molecule has 23 heavy (non-hydrogen) atoms. The van der Waals surface area contributed by atoms with E-state index in [0.717, 1.165) is 30.9 Å². The summed E-state index contributed by atoms with van der Waals surface area (Å²) in [6, 6.07) is 7.76. The molecule has 6 nitrogen and oxygen atoms in total. The second kappa shape index (κ2) is 7.52. The summed E-state index contributed by atoms with van der Waals surface area (Å²) >= 11 is 1.18. The summed E-state index contributed by atoms with van der Waals surface area (Å²) in [5.74, 6) is 0.627. The Balaban J connectivity index is 1.75. The Morgan fingerprint density at radius 3 is 2.70 bits per heavy atom. The predicted molar refractivity (Wildman–Crippen MR) is 88.8 cm³/mol. The van der Waals surface area contributed by atoms with Gasteiger partial charge in [-0.05, 0) is 55.2 Å². The number of hydrogen-bond acceptors (Lipinski definition) is 6. The van der Waals surface area contributed by atoms with Crippen LogP contribution < -0.4 is 10.1 Å². The predicted octanol–water partition coefficient (Wildman–Crippen LogP) is 2.11. The molecule has 1 aliphatic heterocycles. The van der Waals surface area contributed by atoms with Gasteiger partial charge in [-0.15, -0.1) is 5.10 Å². The highest BCUT2D eigenvalue weighted by molar-refractivity contribution is 7.03. The van der Waals surface area contributed by atoms with Crippen molar-refractivity contribution >= 4 is 17.4 Å². The van der Waals surface area contributed by atoms with Crippen LogP contribution in [-0.4, -0.2) is 47.1 Å². The van der Waals surface area contributed by atoms with Gasteiger partial charge in [0.1, 0.15) is 5.75 Å². The van der Waals surface area contributed by atoms with Crippen LogP contribution in [0, 0.1) is 0 Å². The van der Waals surface area contributed by atoms with Crippen LogP contribution in [0.15, 0.2) is 29.6 Å². The third-order valence-corrected chi connectivity index (χ3v) is 4.56. The zero-order valence-electron chi connectivity index (χ0n) is 13.1. The monoisotopic (exact) mass is 332 g/mol. The molecule has 2 aromatic rings. The van der Waals surface area contributed by atoms with E-state index in [1.165, 1.54) is 24.4 Å². The van der Waals surface area contributed by atoms with Crippen molar-refractivity contribution in [1.29, 1.82) is 0 Å². The van der Waals surface area contributed by atoms with E-state index in [1.54, 1.807) is 12.5 Å². The number of amides is 1. The third kappa shape index (κ3) is 4.05. The number of aromatic nitrogens is 2. The Hall–Kier alpha value is -1.99. The number of carbonyl (C=O) groups excluding carboxylic acids is 1. The summed E-state index contributed by atoms with van der Waals surface area (Å²) < 4.78 is 8.96. The lowest BCUT2D eigenvalue weighted by Gasteiger charge is -2.24. The number of methoxy groups -OCH3 is 1. The number of hydrogen-bond donors (Lipinski definition) is 1. The molecule has 1 atom stereocenters. The molecule has 0 unspecified atom stereocenters. The summed E-state index contributed by atoms with van der Waals surface area (Å²) in [4.78, 5) is 14.7. The van der Waals surface area contributed by atoms with Crippen LogP contribution in [0.3, 0.4) is 0 Å². The van der Waals surface area contributed by atoms with Crippen molar-refractivity contribution in [3.8, 4) is 5.75 Å². The number of benzene rings is 1. The molecule has 1 aromatic carbocycles. The molecule has 0 bridgehead atoms. The molecule has 1 aromatic heterocycles. The Morgan fingerprint density at radius 1 is 1.35 bits per heavy atom. The number of nitrogens with one attached hydrogen (secondary N) is 1. The first-order valence-electron chi connectivity index (χ1n) is 7.70. The van der Waals surface area contributed by atoms with Crippen LogP contribution in [0.2, 0.25) is 0 Å². The minimum atomic E-state index is -0.182. The van der Waals surface area contributed by atoms with E-state index in [2.05, 4.69) is 19.8 Å². The average Bonchev–Trinajstić information content (AvgIpc) is 3.28. The van der Waals surface area contributed by atoms with Crippen molar-refractivity contribution < 1.29 is 9.53 Å².